The average Bonchev–Trinajstić information content (AvgIpc) is 2.79. The number of Topliss-reactive ketones (excluding diaryl/α,β-unsaturated/α-hetero) is 1. The van der Waals surface area contributed by atoms with Gasteiger partial charge in [-0.05, 0) is 44.6 Å². The summed E-state index contributed by atoms with van der Waals surface area (Å²) in [5, 5.41) is 4.49. The summed E-state index contributed by atoms with van der Waals surface area (Å²) in [7, 11) is 0. The highest BCUT2D eigenvalue weighted by Gasteiger charge is 2.53. The van der Waals surface area contributed by atoms with Crippen molar-refractivity contribution in [3.63, 3.8) is 0 Å². The number of rotatable bonds is 2. The predicted molar refractivity (Wildman–Crippen MR) is 89.2 cm³/mol. The number of nitrogens with one attached hydrogen (secondary N) is 1. The van der Waals surface area contributed by atoms with E-state index >= 15 is 0 Å². The molecule has 1 aromatic heterocycles. The Kier molecular flexibility index (Phi) is 3.66. The lowest BCUT2D eigenvalue weighted by Gasteiger charge is -2.39. The van der Waals surface area contributed by atoms with Crippen molar-refractivity contribution in [1.82, 2.24) is 9.97 Å². The van der Waals surface area contributed by atoms with Gasteiger partial charge in [0.1, 0.15) is 5.71 Å². The van der Waals surface area contributed by atoms with Gasteiger partial charge in [-0.2, -0.15) is 5.10 Å². The van der Waals surface area contributed by atoms with Crippen LogP contribution in [-0.4, -0.2) is 21.5 Å². The van der Waals surface area contributed by atoms with Crippen molar-refractivity contribution < 1.29 is 4.79 Å². The highest BCUT2D eigenvalue weighted by Crippen LogP contribution is 2.52. The number of hydrogen-bond donors (Lipinski definition) is 1. The van der Waals surface area contributed by atoms with Crippen LogP contribution in [0.5, 0.6) is 0 Å². The van der Waals surface area contributed by atoms with Crippen LogP contribution in [0.15, 0.2) is 11.2 Å². The third kappa shape index (κ3) is 2.56. The first-order valence-electron chi connectivity index (χ1n) is 8.83. The molecule has 4 rings (SSSR count). The third-order valence-corrected chi connectivity index (χ3v) is 5.85. The topological polar surface area (TPSA) is 67.2 Å². The maximum atomic E-state index is 12.8. The van der Waals surface area contributed by atoms with Crippen molar-refractivity contribution in [2.24, 2.45) is 28.8 Å². The Balaban J connectivity index is 1.61. The Morgan fingerprint density at radius 1 is 1.04 bits per heavy atom. The molecule has 5 nitrogen and oxygen atoms in total. The van der Waals surface area contributed by atoms with Gasteiger partial charge in [-0.15, -0.1) is 0 Å². The lowest BCUT2D eigenvalue weighted by molar-refractivity contribution is -0.118. The second-order valence-corrected chi connectivity index (χ2v) is 7.36. The van der Waals surface area contributed by atoms with Crippen LogP contribution < -0.4 is 5.43 Å². The van der Waals surface area contributed by atoms with Crippen molar-refractivity contribution in [2.45, 2.75) is 52.4 Å². The van der Waals surface area contributed by atoms with Crippen molar-refractivity contribution in [1.29, 1.82) is 0 Å². The van der Waals surface area contributed by atoms with E-state index in [1.807, 2.05) is 19.9 Å². The quantitative estimate of drug-likeness (QED) is 0.851. The largest absolute Gasteiger partial charge is 0.292 e. The van der Waals surface area contributed by atoms with E-state index < -0.39 is 0 Å². The molecule has 4 unspecified atom stereocenters. The molecule has 4 atom stereocenters. The number of carbonyl (C=O) groups is 1. The summed E-state index contributed by atoms with van der Waals surface area (Å²) in [5.41, 5.74) is 5.53. The lowest BCUT2D eigenvalue weighted by Crippen LogP contribution is -2.33. The Morgan fingerprint density at radius 3 is 2.39 bits per heavy atom. The molecule has 0 radical (unpaired) electrons. The fourth-order valence-electron chi connectivity index (χ4n) is 5.07. The van der Waals surface area contributed by atoms with Crippen molar-refractivity contribution in [2.75, 3.05) is 5.43 Å². The van der Waals surface area contributed by atoms with Crippen LogP contribution in [0.3, 0.4) is 0 Å². The SMILES string of the molecule is Cc1cc(C)nc(N/N=C2/C(=O)C3CCCC4CCCC2C43)n1. The van der Waals surface area contributed by atoms with E-state index in [9.17, 15) is 4.79 Å². The van der Waals surface area contributed by atoms with Crippen LogP contribution >= 0.6 is 0 Å². The molecule has 3 saturated carbocycles. The first-order chi connectivity index (χ1) is 11.1. The van der Waals surface area contributed by atoms with Gasteiger partial charge in [0.2, 0.25) is 5.95 Å². The third-order valence-electron chi connectivity index (χ3n) is 5.85. The lowest BCUT2D eigenvalue weighted by atomic mass is 9.65. The fraction of sp³-hybridized carbons (Fsp3) is 0.667. The summed E-state index contributed by atoms with van der Waals surface area (Å²) in [4.78, 5) is 21.5. The molecule has 0 aromatic carbocycles. The van der Waals surface area contributed by atoms with Gasteiger partial charge >= 0.3 is 0 Å². The Morgan fingerprint density at radius 2 is 1.70 bits per heavy atom. The molecular formula is C18H24N4O. The van der Waals surface area contributed by atoms with E-state index in [2.05, 4.69) is 20.5 Å². The van der Waals surface area contributed by atoms with Gasteiger partial charge in [0.15, 0.2) is 5.78 Å². The molecule has 0 bridgehead atoms. The molecule has 1 N–H and O–H groups in total. The van der Waals surface area contributed by atoms with Crippen LogP contribution in [0, 0.1) is 37.5 Å². The summed E-state index contributed by atoms with van der Waals surface area (Å²) in [6.07, 6.45) is 7.18. The maximum Gasteiger partial charge on any atom is 0.243 e. The summed E-state index contributed by atoms with van der Waals surface area (Å²) in [6, 6.07) is 1.93. The van der Waals surface area contributed by atoms with E-state index in [0.717, 1.165) is 35.9 Å². The molecule has 0 saturated heterocycles. The van der Waals surface area contributed by atoms with Gasteiger partial charge in [0.25, 0.3) is 0 Å². The minimum absolute atomic E-state index is 0.222. The number of aromatic nitrogens is 2. The van der Waals surface area contributed by atoms with E-state index in [1.54, 1.807) is 0 Å². The number of aryl methyl sites for hydroxylation is 2. The van der Waals surface area contributed by atoms with E-state index in [-0.39, 0.29) is 11.7 Å². The molecule has 0 spiro atoms. The molecule has 3 aliphatic rings. The normalized spacial score (nSPS) is 34.5. The standard InChI is InChI=1S/C18H24N4O/c1-10-9-11(2)20-18(19-10)22-21-16-13-7-3-5-12-6-4-8-14(15(12)13)17(16)23/h9,12-15H,3-8H2,1-2H3,(H,19,20,22)/b21-16+. The first kappa shape index (κ1) is 14.8. The molecule has 3 aliphatic carbocycles. The predicted octanol–water partition coefficient (Wildman–Crippen LogP) is 3.28. The molecule has 122 valence electrons. The number of nitrogens with zero attached hydrogens (tertiary/aromatic N) is 3. The Bertz CT molecular complexity index is 647. The van der Waals surface area contributed by atoms with Gasteiger partial charge in [0, 0.05) is 23.2 Å². The van der Waals surface area contributed by atoms with E-state index in [0.29, 0.717) is 17.8 Å². The second kappa shape index (κ2) is 5.69. The van der Waals surface area contributed by atoms with Crippen LogP contribution in [0.1, 0.15) is 49.9 Å². The zero-order valence-electron chi connectivity index (χ0n) is 13.9. The van der Waals surface area contributed by atoms with Crippen LogP contribution in [0.4, 0.5) is 5.95 Å². The van der Waals surface area contributed by atoms with Gasteiger partial charge in [0.05, 0.1) is 0 Å². The van der Waals surface area contributed by atoms with Crippen molar-refractivity contribution >= 4 is 17.4 Å². The van der Waals surface area contributed by atoms with Gasteiger partial charge < -0.3 is 0 Å². The smallest absolute Gasteiger partial charge is 0.243 e. The molecule has 23 heavy (non-hydrogen) atoms. The van der Waals surface area contributed by atoms with Gasteiger partial charge in [-0.3, -0.25) is 4.79 Å². The molecule has 0 aliphatic heterocycles. The summed E-state index contributed by atoms with van der Waals surface area (Å²) in [5.74, 6) is 2.63. The number of hydrogen-bond acceptors (Lipinski definition) is 5. The van der Waals surface area contributed by atoms with Crippen LogP contribution in [0.25, 0.3) is 0 Å². The first-order valence-corrected chi connectivity index (χ1v) is 8.83. The molecule has 5 heteroatoms. The fourth-order valence-corrected chi connectivity index (χ4v) is 5.07. The number of anilines is 1. The van der Waals surface area contributed by atoms with E-state index in [4.69, 9.17) is 0 Å². The zero-order chi connectivity index (χ0) is 16.0. The van der Waals surface area contributed by atoms with Gasteiger partial charge in [-0.1, -0.05) is 25.7 Å². The summed E-state index contributed by atoms with van der Waals surface area (Å²) in [6.45, 7) is 3.88. The monoisotopic (exact) mass is 312 g/mol. The number of carbonyl (C=O) groups excluding carboxylic acids is 1. The molecule has 1 aromatic rings. The molecule has 0 amide bonds. The average molecular weight is 312 g/mol. The summed E-state index contributed by atoms with van der Waals surface area (Å²) >= 11 is 0. The van der Waals surface area contributed by atoms with Crippen LogP contribution in [0.2, 0.25) is 0 Å². The second-order valence-electron chi connectivity index (χ2n) is 7.36. The highest BCUT2D eigenvalue weighted by molar-refractivity contribution is 6.43. The highest BCUT2D eigenvalue weighted by atomic mass is 16.1. The van der Waals surface area contributed by atoms with Crippen molar-refractivity contribution in [3.8, 4) is 0 Å². The van der Waals surface area contributed by atoms with Gasteiger partial charge in [-0.25, -0.2) is 15.4 Å². The molecule has 1 heterocycles. The summed E-state index contributed by atoms with van der Waals surface area (Å²) < 4.78 is 0. The minimum Gasteiger partial charge on any atom is -0.292 e. The Labute approximate surface area is 137 Å². The maximum absolute atomic E-state index is 12.8. The molecule has 3 fully saturated rings. The zero-order valence-corrected chi connectivity index (χ0v) is 13.9. The minimum atomic E-state index is 0.222. The van der Waals surface area contributed by atoms with Crippen LogP contribution in [-0.2, 0) is 4.79 Å². The number of ketones is 1. The van der Waals surface area contributed by atoms with E-state index in [1.165, 1.54) is 25.7 Å². The Hall–Kier alpha value is -1.78. The molecular weight excluding hydrogens is 288 g/mol. The van der Waals surface area contributed by atoms with Crippen molar-refractivity contribution in [3.05, 3.63) is 17.5 Å². The number of hydrazone groups is 1.